The van der Waals surface area contributed by atoms with Crippen molar-refractivity contribution >= 4 is 11.6 Å². The summed E-state index contributed by atoms with van der Waals surface area (Å²) in [4.78, 5) is 0. The molecule has 0 unspecified atom stereocenters. The lowest BCUT2D eigenvalue weighted by Crippen LogP contribution is -1.84. The largest absolute Gasteiger partial charge is 0.127 e. The molecule has 0 fully saturated rings. The highest BCUT2D eigenvalue weighted by Gasteiger charge is 1.95. The quantitative estimate of drug-likeness (QED) is 0.165. The Morgan fingerprint density at radius 2 is 0.864 bits per heavy atom. The Balaban J connectivity index is 2.91. The molecule has 0 amide bonds. The average molecular weight is 330 g/mol. The van der Waals surface area contributed by atoms with Gasteiger partial charge >= 0.3 is 0 Å². The predicted molar refractivity (Wildman–Crippen MR) is 104 cm³/mol. The molecule has 0 saturated carbocycles. The van der Waals surface area contributed by atoms with E-state index in [4.69, 9.17) is 11.6 Å². The Bertz CT molecular complexity index is 159. The van der Waals surface area contributed by atoms with E-state index >= 15 is 0 Å². The lowest BCUT2D eigenvalue weighted by atomic mass is 10.0. The van der Waals surface area contributed by atoms with Crippen LogP contribution >= 0.6 is 11.6 Å². The fourth-order valence-corrected chi connectivity index (χ4v) is 3.21. The fourth-order valence-electron chi connectivity index (χ4n) is 3.06. The van der Waals surface area contributed by atoms with Crippen LogP contribution in [0.25, 0.3) is 0 Å². The van der Waals surface area contributed by atoms with Crippen LogP contribution in [-0.4, -0.2) is 5.88 Å². The van der Waals surface area contributed by atoms with Crippen molar-refractivity contribution in [2.24, 2.45) is 0 Å². The number of unbranched alkanes of at least 4 members (excludes halogenated alkanes) is 18. The van der Waals surface area contributed by atoms with Gasteiger partial charge in [0, 0.05) is 5.88 Å². The van der Waals surface area contributed by atoms with Crippen molar-refractivity contribution in [2.75, 3.05) is 5.88 Å². The summed E-state index contributed by atoms with van der Waals surface area (Å²) < 4.78 is 0. The fraction of sp³-hybridized carbons (Fsp3) is 0.952. The van der Waals surface area contributed by atoms with Gasteiger partial charge in [0.05, 0.1) is 0 Å². The molecule has 0 atom stereocenters. The molecule has 0 saturated heterocycles. The van der Waals surface area contributed by atoms with E-state index in [9.17, 15) is 0 Å². The first-order valence-corrected chi connectivity index (χ1v) is 10.8. The van der Waals surface area contributed by atoms with Crippen molar-refractivity contribution in [2.45, 2.75) is 122 Å². The number of hydrogen-bond donors (Lipinski definition) is 0. The summed E-state index contributed by atoms with van der Waals surface area (Å²) in [7, 11) is 0. The first-order chi connectivity index (χ1) is 10.9. The van der Waals surface area contributed by atoms with Crippen molar-refractivity contribution in [3.63, 3.8) is 0 Å². The van der Waals surface area contributed by atoms with Gasteiger partial charge in [-0.2, -0.15) is 0 Å². The molecule has 0 nitrogen and oxygen atoms in total. The van der Waals surface area contributed by atoms with Crippen LogP contribution in [0.4, 0.5) is 0 Å². The van der Waals surface area contributed by atoms with E-state index in [1.54, 1.807) is 0 Å². The van der Waals surface area contributed by atoms with Crippen molar-refractivity contribution in [1.29, 1.82) is 0 Å². The molecule has 0 rings (SSSR count). The SMILES string of the molecule is CCCCCCCCCCCCCCCCCC[CH]CCCl. The smallest absolute Gasteiger partial charge is 0.0226 e. The lowest BCUT2D eigenvalue weighted by molar-refractivity contribution is 0.529. The highest BCUT2D eigenvalue weighted by Crippen LogP contribution is 2.14. The van der Waals surface area contributed by atoms with Crippen molar-refractivity contribution < 1.29 is 0 Å². The third-order valence-electron chi connectivity index (χ3n) is 4.58. The van der Waals surface area contributed by atoms with Gasteiger partial charge in [0.25, 0.3) is 0 Å². The Kier molecular flexibility index (Phi) is 21.6. The first kappa shape index (κ1) is 22.3. The van der Waals surface area contributed by atoms with Crippen LogP contribution in [-0.2, 0) is 0 Å². The number of rotatable bonds is 19. The maximum atomic E-state index is 5.65. The van der Waals surface area contributed by atoms with Crippen LogP contribution in [0.2, 0.25) is 0 Å². The zero-order valence-electron chi connectivity index (χ0n) is 15.4. The second-order valence-electron chi connectivity index (χ2n) is 6.86. The Morgan fingerprint density at radius 1 is 0.500 bits per heavy atom. The van der Waals surface area contributed by atoms with Crippen molar-refractivity contribution in [1.82, 2.24) is 0 Å². The topological polar surface area (TPSA) is 0 Å². The van der Waals surface area contributed by atoms with E-state index in [0.717, 1.165) is 12.3 Å². The maximum Gasteiger partial charge on any atom is 0.0226 e. The summed E-state index contributed by atoms with van der Waals surface area (Å²) in [5, 5.41) is 0. The summed E-state index contributed by atoms with van der Waals surface area (Å²) in [5.41, 5.74) is 0. The van der Waals surface area contributed by atoms with E-state index in [0.29, 0.717) is 0 Å². The van der Waals surface area contributed by atoms with Gasteiger partial charge in [-0.15, -0.1) is 11.6 Å². The molecule has 0 aromatic heterocycles. The molecule has 0 aromatic carbocycles. The van der Waals surface area contributed by atoms with E-state index < -0.39 is 0 Å². The van der Waals surface area contributed by atoms with Gasteiger partial charge in [0.1, 0.15) is 0 Å². The molecule has 0 aliphatic carbocycles. The summed E-state index contributed by atoms with van der Waals surface area (Å²) in [6.45, 7) is 2.29. The van der Waals surface area contributed by atoms with Gasteiger partial charge in [-0.3, -0.25) is 0 Å². The number of alkyl halides is 1. The van der Waals surface area contributed by atoms with Gasteiger partial charge in [0.15, 0.2) is 0 Å². The summed E-state index contributed by atoms with van der Waals surface area (Å²) in [6, 6.07) is 0. The van der Waals surface area contributed by atoms with E-state index in [1.165, 1.54) is 109 Å². The third-order valence-corrected chi connectivity index (χ3v) is 4.79. The number of halogens is 1. The molecule has 0 aromatic rings. The minimum Gasteiger partial charge on any atom is -0.127 e. The van der Waals surface area contributed by atoms with Crippen LogP contribution in [0, 0.1) is 6.42 Å². The van der Waals surface area contributed by atoms with E-state index in [1.807, 2.05) is 0 Å². The standard InChI is InChI=1S/C21H42Cl/c1-2-3-4-5-6-7-8-9-10-11-12-13-14-15-16-17-18-19-20-21-22/h19H,2-18,20-21H2,1H3. The van der Waals surface area contributed by atoms with Gasteiger partial charge in [-0.1, -0.05) is 116 Å². The average Bonchev–Trinajstić information content (AvgIpc) is 2.54. The predicted octanol–water partition coefficient (Wildman–Crippen LogP) is 8.47. The molecular weight excluding hydrogens is 288 g/mol. The minimum absolute atomic E-state index is 0.791. The highest BCUT2D eigenvalue weighted by atomic mass is 35.5. The van der Waals surface area contributed by atoms with Crippen LogP contribution in [0.3, 0.4) is 0 Å². The molecule has 22 heavy (non-hydrogen) atoms. The van der Waals surface area contributed by atoms with E-state index in [-0.39, 0.29) is 0 Å². The minimum atomic E-state index is 0.791. The molecule has 0 spiro atoms. The molecule has 0 aliphatic rings. The Labute approximate surface area is 146 Å². The normalized spacial score (nSPS) is 11.2. The van der Waals surface area contributed by atoms with Crippen LogP contribution in [0.15, 0.2) is 0 Å². The second-order valence-corrected chi connectivity index (χ2v) is 7.24. The van der Waals surface area contributed by atoms with Gasteiger partial charge in [0.2, 0.25) is 0 Å². The van der Waals surface area contributed by atoms with E-state index in [2.05, 4.69) is 13.3 Å². The summed E-state index contributed by atoms with van der Waals surface area (Å²) in [6.07, 6.45) is 27.9. The van der Waals surface area contributed by atoms with Crippen LogP contribution in [0.1, 0.15) is 122 Å². The van der Waals surface area contributed by atoms with Gasteiger partial charge < -0.3 is 0 Å². The van der Waals surface area contributed by atoms with Crippen LogP contribution < -0.4 is 0 Å². The Hall–Kier alpha value is 0.290. The monoisotopic (exact) mass is 329 g/mol. The van der Waals surface area contributed by atoms with Gasteiger partial charge in [-0.25, -0.2) is 0 Å². The highest BCUT2D eigenvalue weighted by molar-refractivity contribution is 6.17. The summed E-state index contributed by atoms with van der Waals surface area (Å²) in [5.74, 6) is 0.791. The number of hydrogen-bond acceptors (Lipinski definition) is 0. The molecule has 1 radical (unpaired) electrons. The molecule has 0 heterocycles. The van der Waals surface area contributed by atoms with Crippen LogP contribution in [0.5, 0.6) is 0 Å². The molecule has 1 heteroatoms. The molecule has 0 aliphatic heterocycles. The zero-order chi connectivity index (χ0) is 16.1. The zero-order valence-corrected chi connectivity index (χ0v) is 16.1. The molecule has 0 N–H and O–H groups in total. The lowest BCUT2D eigenvalue weighted by Gasteiger charge is -2.03. The Morgan fingerprint density at radius 3 is 1.23 bits per heavy atom. The molecular formula is C21H42Cl. The molecule has 133 valence electrons. The maximum absolute atomic E-state index is 5.65. The summed E-state index contributed by atoms with van der Waals surface area (Å²) >= 11 is 5.65. The third kappa shape index (κ3) is 20.3. The second kappa shape index (κ2) is 21.3. The van der Waals surface area contributed by atoms with Gasteiger partial charge in [-0.05, 0) is 12.8 Å². The van der Waals surface area contributed by atoms with Crippen molar-refractivity contribution in [3.05, 3.63) is 6.42 Å². The molecule has 0 bridgehead atoms. The van der Waals surface area contributed by atoms with Crippen molar-refractivity contribution in [3.8, 4) is 0 Å². The first-order valence-electron chi connectivity index (χ1n) is 10.3.